The van der Waals surface area contributed by atoms with Crippen LogP contribution < -0.4 is 11.7 Å². The van der Waals surface area contributed by atoms with Gasteiger partial charge in [0.05, 0.1) is 5.29 Å². The Balaban J connectivity index is 2.83. The van der Waals surface area contributed by atoms with Gasteiger partial charge < -0.3 is 0 Å². The fourth-order valence-corrected chi connectivity index (χ4v) is 0. The van der Waals surface area contributed by atoms with Gasteiger partial charge in [-0.15, -0.1) is 10.1 Å². The second kappa shape index (κ2) is 1.62. The third-order valence-electron chi connectivity index (χ3n) is 0.0943. The second-order valence-corrected chi connectivity index (χ2v) is 0.462. The van der Waals surface area contributed by atoms with Gasteiger partial charge in [0.15, 0.2) is 0 Å². The molecule has 0 unspecified atom stereocenters. The Hall–Kier alpha value is -0.680. The zero-order valence-electron chi connectivity index (χ0n) is 2.46. The summed E-state index contributed by atoms with van der Waals surface area (Å²) < 4.78 is 0. The molecule has 0 amide bonds. The lowest BCUT2D eigenvalue weighted by Crippen LogP contribution is -2.31. The van der Waals surface area contributed by atoms with Gasteiger partial charge in [0.1, 0.15) is 0 Å². The molecular formula is H4N4O. The molecule has 0 aromatic rings. The zero-order valence-corrected chi connectivity index (χ0v) is 2.46. The maximum atomic E-state index is 8.93. The van der Waals surface area contributed by atoms with Gasteiger partial charge in [-0.1, -0.05) is 0 Å². The summed E-state index contributed by atoms with van der Waals surface area (Å²) in [6.07, 6.45) is 0. The molecule has 30 valence electrons. The van der Waals surface area contributed by atoms with Crippen molar-refractivity contribution in [3.63, 3.8) is 0 Å². The highest BCUT2D eigenvalue weighted by atomic mass is 16.3. The van der Waals surface area contributed by atoms with E-state index in [9.17, 15) is 0 Å². The molecule has 0 saturated carbocycles. The van der Waals surface area contributed by atoms with Crippen LogP contribution in [0.3, 0.4) is 0 Å². The summed E-state index contributed by atoms with van der Waals surface area (Å²) in [4.78, 5) is 8.93. The predicted octanol–water partition coefficient (Wildman–Crippen LogP) is -1.28. The summed E-state index contributed by atoms with van der Waals surface area (Å²) in [5.41, 5.74) is 0. The van der Waals surface area contributed by atoms with Crippen molar-refractivity contribution in [3.8, 4) is 0 Å². The average Bonchev–Trinajstić information content (AvgIpc) is 1.38. The van der Waals surface area contributed by atoms with Crippen LogP contribution in [0.15, 0.2) is 5.29 Å². The van der Waals surface area contributed by atoms with Gasteiger partial charge in [-0.2, -0.15) is 0 Å². The van der Waals surface area contributed by atoms with Crippen LogP contribution in [0.25, 0.3) is 0 Å². The quantitative estimate of drug-likeness (QED) is 0.231. The van der Waals surface area contributed by atoms with E-state index >= 15 is 0 Å². The van der Waals surface area contributed by atoms with E-state index in [0.717, 1.165) is 0 Å². The average molecular weight is 76.1 g/mol. The summed E-state index contributed by atoms with van der Waals surface area (Å²) in [5, 5.41) is 2.22. The van der Waals surface area contributed by atoms with Crippen LogP contribution in [0.4, 0.5) is 0 Å². The van der Waals surface area contributed by atoms with E-state index in [1.807, 2.05) is 5.29 Å². The Morgan fingerprint density at radius 1 is 1.60 bits per heavy atom. The number of hydrogen-bond donors (Lipinski definition) is 2. The van der Waals surface area contributed by atoms with Gasteiger partial charge in [-0.25, -0.2) is 11.7 Å². The van der Waals surface area contributed by atoms with Crippen molar-refractivity contribution in [1.82, 2.24) is 5.23 Å². The van der Waals surface area contributed by atoms with Gasteiger partial charge in [-0.05, 0) is 0 Å². The zero-order chi connectivity index (χ0) is 4.28. The minimum atomic E-state index is 0.194. The summed E-state index contributed by atoms with van der Waals surface area (Å²) in [5.74, 6) is 8.85. The van der Waals surface area contributed by atoms with E-state index in [1.165, 1.54) is 0 Å². The molecule has 0 aromatic carbocycles. The first kappa shape index (κ1) is 4.32. The van der Waals surface area contributed by atoms with E-state index < -0.39 is 0 Å². The van der Waals surface area contributed by atoms with E-state index in [-0.39, 0.29) is 5.23 Å². The van der Waals surface area contributed by atoms with E-state index in [4.69, 9.17) is 4.91 Å². The lowest BCUT2D eigenvalue weighted by molar-refractivity contribution is 0.307. The molecule has 0 aromatic heterocycles. The van der Waals surface area contributed by atoms with Crippen LogP contribution >= 0.6 is 0 Å². The number of hydrogen-bond acceptors (Lipinski definition) is 4. The molecule has 5 heteroatoms. The lowest BCUT2D eigenvalue weighted by atomic mass is 12.3. The Morgan fingerprint density at radius 3 is 1.80 bits per heavy atom. The normalized spacial score (nSPS) is 6.80. The van der Waals surface area contributed by atoms with Crippen LogP contribution in [0.2, 0.25) is 0 Å². The fourth-order valence-electron chi connectivity index (χ4n) is 0. The molecule has 0 fully saturated rings. The van der Waals surface area contributed by atoms with Crippen molar-refractivity contribution in [2.75, 3.05) is 0 Å². The third-order valence-corrected chi connectivity index (χ3v) is 0.0943. The fraction of sp³-hybridized carbons (Fsp3) is 0. The third kappa shape index (κ3) is 3.32. The molecule has 0 aliphatic carbocycles. The molecule has 0 rings (SSSR count). The molecular weight excluding hydrogens is 72.0 g/mol. The van der Waals surface area contributed by atoms with Crippen molar-refractivity contribution in [2.45, 2.75) is 0 Å². The molecule has 0 radical (unpaired) electrons. The molecule has 0 bridgehead atoms. The van der Waals surface area contributed by atoms with Crippen LogP contribution in [0, 0.1) is 4.91 Å². The molecule has 5 nitrogen and oxygen atoms in total. The maximum absolute atomic E-state index is 8.93. The number of nitrogens with two attached hydrogens (primary N) is 2. The first-order valence-corrected chi connectivity index (χ1v) is 0.899. The van der Waals surface area contributed by atoms with Gasteiger partial charge in [0.2, 0.25) is 0 Å². The molecule has 4 N–H and O–H groups in total. The monoisotopic (exact) mass is 76.0 g/mol. The van der Waals surface area contributed by atoms with Crippen molar-refractivity contribution in [2.24, 2.45) is 17.0 Å². The molecule has 0 spiro atoms. The van der Waals surface area contributed by atoms with Crippen LogP contribution in [0.5, 0.6) is 0 Å². The van der Waals surface area contributed by atoms with E-state index in [1.54, 1.807) is 0 Å². The second-order valence-electron chi connectivity index (χ2n) is 0.462. The van der Waals surface area contributed by atoms with Gasteiger partial charge in [0.25, 0.3) is 0 Å². The summed E-state index contributed by atoms with van der Waals surface area (Å²) in [6.45, 7) is 0. The summed E-state index contributed by atoms with van der Waals surface area (Å²) in [7, 11) is 0. The van der Waals surface area contributed by atoms with Crippen molar-refractivity contribution < 1.29 is 0 Å². The standard InChI is InChI=1S/H4N4O/c1-4(2)3-5/h1-2H2. The van der Waals surface area contributed by atoms with Crippen LogP contribution in [-0.4, -0.2) is 5.23 Å². The van der Waals surface area contributed by atoms with Crippen molar-refractivity contribution >= 4 is 0 Å². The number of nitroso groups, excluding NO2 is 1. The number of hydrazine groups is 2. The highest BCUT2D eigenvalue weighted by molar-refractivity contribution is 4.06. The SMILES string of the molecule is NN(N)N=O. The Labute approximate surface area is 28.4 Å². The lowest BCUT2D eigenvalue weighted by Gasteiger charge is -1.90. The van der Waals surface area contributed by atoms with Crippen molar-refractivity contribution in [1.29, 1.82) is 0 Å². The Morgan fingerprint density at radius 2 is 1.80 bits per heavy atom. The van der Waals surface area contributed by atoms with Gasteiger partial charge >= 0.3 is 0 Å². The Kier molecular flexibility index (Phi) is 1.40. The minimum Gasteiger partial charge on any atom is -0.213 e. The smallest absolute Gasteiger partial charge is 0.0847 e. The topological polar surface area (TPSA) is 84.7 Å². The highest BCUT2D eigenvalue weighted by Crippen LogP contribution is 1.50. The predicted molar refractivity (Wildman–Crippen MR) is 16.0 cm³/mol. The summed E-state index contributed by atoms with van der Waals surface area (Å²) >= 11 is 0. The number of nitrogens with zero attached hydrogens (tertiary/aromatic N) is 2. The van der Waals surface area contributed by atoms with E-state index in [0.29, 0.717) is 0 Å². The molecule has 0 aliphatic rings. The maximum Gasteiger partial charge on any atom is 0.0847 e. The largest absolute Gasteiger partial charge is 0.213 e. The molecule has 0 aliphatic heterocycles. The molecule has 0 heterocycles. The van der Waals surface area contributed by atoms with Crippen LogP contribution in [0.1, 0.15) is 0 Å². The molecule has 0 saturated heterocycles. The molecule has 5 heavy (non-hydrogen) atoms. The van der Waals surface area contributed by atoms with Gasteiger partial charge in [0, 0.05) is 0 Å². The van der Waals surface area contributed by atoms with Crippen LogP contribution in [-0.2, 0) is 0 Å². The van der Waals surface area contributed by atoms with Crippen molar-refractivity contribution in [3.05, 3.63) is 4.91 Å². The van der Waals surface area contributed by atoms with E-state index in [2.05, 4.69) is 11.7 Å². The minimum absolute atomic E-state index is 0.194. The first-order valence-electron chi connectivity index (χ1n) is 0.899. The number of rotatable bonds is 1. The van der Waals surface area contributed by atoms with Gasteiger partial charge in [-0.3, -0.25) is 0 Å². The molecule has 0 atom stereocenters. The first-order chi connectivity index (χ1) is 2.27. The Bertz CT molecular complexity index is 30.6. The summed E-state index contributed by atoms with van der Waals surface area (Å²) in [6, 6.07) is 0. The highest BCUT2D eigenvalue weighted by Gasteiger charge is 1.69.